The van der Waals surface area contributed by atoms with Gasteiger partial charge in [-0.1, -0.05) is 0 Å². The van der Waals surface area contributed by atoms with Crippen LogP contribution in [0.1, 0.15) is 32.4 Å². The van der Waals surface area contributed by atoms with Gasteiger partial charge < -0.3 is 14.8 Å². The van der Waals surface area contributed by atoms with Gasteiger partial charge in [0.2, 0.25) is 0 Å². The summed E-state index contributed by atoms with van der Waals surface area (Å²) in [4.78, 5) is 30.4. The fourth-order valence-corrected chi connectivity index (χ4v) is 1.62. The monoisotopic (exact) mass is 261 g/mol. The van der Waals surface area contributed by atoms with Gasteiger partial charge in [-0.3, -0.25) is 4.79 Å². The molecule has 0 spiro atoms. The van der Waals surface area contributed by atoms with Crippen LogP contribution in [0, 0.1) is 13.8 Å². The lowest BCUT2D eigenvalue weighted by Crippen LogP contribution is -2.17. The van der Waals surface area contributed by atoms with E-state index in [1.54, 1.807) is 19.9 Å². The molecule has 2 rings (SSSR count). The Bertz CT molecular complexity index is 648. The number of carbonyl (C=O) groups is 2. The number of furan rings is 1. The van der Waals surface area contributed by atoms with E-state index >= 15 is 0 Å². The molecule has 19 heavy (non-hydrogen) atoms. The maximum atomic E-state index is 12.0. The Morgan fingerprint density at radius 3 is 2.53 bits per heavy atom. The Kier molecular flexibility index (Phi) is 3.28. The minimum atomic E-state index is -1.26. The van der Waals surface area contributed by atoms with E-state index in [0.717, 1.165) is 0 Å². The molecule has 0 unspecified atom stereocenters. The molecule has 7 nitrogen and oxygen atoms in total. The Morgan fingerprint density at radius 1 is 1.26 bits per heavy atom. The Balaban J connectivity index is 2.29. The van der Waals surface area contributed by atoms with Crippen LogP contribution in [0.4, 0.5) is 5.82 Å². The number of aromatic carboxylic acids is 1. The molecule has 98 valence electrons. The van der Waals surface area contributed by atoms with Crippen LogP contribution in [0.15, 0.2) is 22.9 Å². The molecule has 0 aromatic carbocycles. The summed E-state index contributed by atoms with van der Waals surface area (Å²) in [7, 11) is 0. The molecule has 0 atom stereocenters. The second kappa shape index (κ2) is 4.89. The summed E-state index contributed by atoms with van der Waals surface area (Å²) < 4.78 is 5.24. The summed E-state index contributed by atoms with van der Waals surface area (Å²) in [5.41, 5.74) is 0.0215. The maximum Gasteiger partial charge on any atom is 0.358 e. The second-order valence-corrected chi connectivity index (χ2v) is 3.84. The molecular formula is C12H11N3O4. The number of anilines is 1. The molecule has 0 aliphatic heterocycles. The molecule has 0 fully saturated rings. The van der Waals surface area contributed by atoms with Crippen molar-refractivity contribution in [3.63, 3.8) is 0 Å². The molecule has 0 bridgehead atoms. The van der Waals surface area contributed by atoms with E-state index in [4.69, 9.17) is 9.52 Å². The van der Waals surface area contributed by atoms with Gasteiger partial charge in [-0.25, -0.2) is 14.8 Å². The summed E-state index contributed by atoms with van der Waals surface area (Å²) in [6.45, 7) is 3.37. The van der Waals surface area contributed by atoms with Crippen molar-refractivity contribution >= 4 is 17.7 Å². The van der Waals surface area contributed by atoms with Crippen molar-refractivity contribution in [1.82, 2.24) is 9.97 Å². The summed E-state index contributed by atoms with van der Waals surface area (Å²) in [5, 5.41) is 11.3. The summed E-state index contributed by atoms with van der Waals surface area (Å²) in [6.07, 6.45) is 2.54. The maximum absolute atomic E-state index is 12.0. The molecule has 0 saturated heterocycles. The quantitative estimate of drug-likeness (QED) is 0.870. The van der Waals surface area contributed by atoms with Crippen LogP contribution in [0.25, 0.3) is 0 Å². The number of carboxylic acids is 1. The summed E-state index contributed by atoms with van der Waals surface area (Å²) >= 11 is 0. The number of aromatic nitrogens is 2. The molecule has 1 amide bonds. The van der Waals surface area contributed by atoms with Crippen LogP contribution >= 0.6 is 0 Å². The lowest BCUT2D eigenvalue weighted by atomic mass is 10.2. The normalized spacial score (nSPS) is 10.2. The SMILES string of the molecule is Cc1cc(C(=O)Nc2nccnc2C(=O)O)c(C)o1. The minimum absolute atomic E-state index is 0.0988. The van der Waals surface area contributed by atoms with E-state index in [2.05, 4.69) is 15.3 Å². The molecule has 2 aromatic rings. The van der Waals surface area contributed by atoms with E-state index < -0.39 is 11.9 Å². The van der Waals surface area contributed by atoms with Crippen molar-refractivity contribution < 1.29 is 19.1 Å². The van der Waals surface area contributed by atoms with Gasteiger partial charge in [0.05, 0.1) is 5.56 Å². The highest BCUT2D eigenvalue weighted by atomic mass is 16.4. The van der Waals surface area contributed by atoms with Gasteiger partial charge in [0, 0.05) is 12.4 Å². The fraction of sp³-hybridized carbons (Fsp3) is 0.167. The number of amides is 1. The Hall–Kier alpha value is -2.70. The Morgan fingerprint density at radius 2 is 1.95 bits per heavy atom. The molecule has 7 heteroatoms. The van der Waals surface area contributed by atoms with Crippen molar-refractivity contribution in [1.29, 1.82) is 0 Å². The highest BCUT2D eigenvalue weighted by Crippen LogP contribution is 2.16. The molecule has 2 aromatic heterocycles. The summed E-state index contributed by atoms with van der Waals surface area (Å²) in [5.74, 6) is -0.796. The molecule has 0 aliphatic rings. The average molecular weight is 261 g/mol. The predicted octanol–water partition coefficient (Wildman–Crippen LogP) is 1.64. The van der Waals surface area contributed by atoms with Gasteiger partial charge >= 0.3 is 5.97 Å². The lowest BCUT2D eigenvalue weighted by molar-refractivity contribution is 0.0691. The van der Waals surface area contributed by atoms with E-state index in [-0.39, 0.29) is 11.5 Å². The van der Waals surface area contributed by atoms with Crippen molar-refractivity contribution in [3.05, 3.63) is 41.2 Å². The smallest absolute Gasteiger partial charge is 0.358 e. The third-order valence-electron chi connectivity index (χ3n) is 2.42. The number of carboxylic acid groups (broad SMARTS) is 1. The van der Waals surface area contributed by atoms with E-state index in [1.807, 2.05) is 0 Å². The largest absolute Gasteiger partial charge is 0.476 e. The molecule has 0 saturated carbocycles. The van der Waals surface area contributed by atoms with Crippen LogP contribution in [0.2, 0.25) is 0 Å². The van der Waals surface area contributed by atoms with Gasteiger partial charge in [0.15, 0.2) is 11.5 Å². The number of hydrogen-bond acceptors (Lipinski definition) is 5. The Labute approximate surface area is 108 Å². The van der Waals surface area contributed by atoms with E-state index in [0.29, 0.717) is 17.1 Å². The first kappa shape index (κ1) is 12.7. The van der Waals surface area contributed by atoms with E-state index in [9.17, 15) is 9.59 Å². The van der Waals surface area contributed by atoms with Crippen LogP contribution in [-0.2, 0) is 0 Å². The van der Waals surface area contributed by atoms with Crippen LogP contribution in [0.5, 0.6) is 0 Å². The average Bonchev–Trinajstić information content (AvgIpc) is 2.69. The third-order valence-corrected chi connectivity index (χ3v) is 2.42. The zero-order chi connectivity index (χ0) is 14.0. The number of carbonyl (C=O) groups excluding carboxylic acids is 1. The number of nitrogens with one attached hydrogen (secondary N) is 1. The van der Waals surface area contributed by atoms with Gasteiger partial charge in [0.1, 0.15) is 11.5 Å². The zero-order valence-corrected chi connectivity index (χ0v) is 10.3. The van der Waals surface area contributed by atoms with Crippen molar-refractivity contribution in [3.8, 4) is 0 Å². The van der Waals surface area contributed by atoms with Crippen LogP contribution < -0.4 is 5.32 Å². The van der Waals surface area contributed by atoms with Crippen molar-refractivity contribution in [2.75, 3.05) is 5.32 Å². The first-order valence-electron chi connectivity index (χ1n) is 5.41. The topological polar surface area (TPSA) is 105 Å². The van der Waals surface area contributed by atoms with Crippen LogP contribution in [-0.4, -0.2) is 27.0 Å². The zero-order valence-electron chi connectivity index (χ0n) is 10.3. The third kappa shape index (κ3) is 2.59. The molecular weight excluding hydrogens is 250 g/mol. The van der Waals surface area contributed by atoms with Gasteiger partial charge in [-0.2, -0.15) is 0 Å². The standard InChI is InChI=1S/C12H11N3O4/c1-6-5-8(7(2)19-6)11(16)15-10-9(12(17)18)13-3-4-14-10/h3-5H,1-2H3,(H,17,18)(H,14,15,16). The number of rotatable bonds is 3. The lowest BCUT2D eigenvalue weighted by Gasteiger charge is -2.05. The fourth-order valence-electron chi connectivity index (χ4n) is 1.62. The molecule has 0 radical (unpaired) electrons. The molecule has 0 aliphatic carbocycles. The second-order valence-electron chi connectivity index (χ2n) is 3.84. The van der Waals surface area contributed by atoms with Crippen LogP contribution in [0.3, 0.4) is 0 Å². The first-order chi connectivity index (χ1) is 8.99. The first-order valence-corrected chi connectivity index (χ1v) is 5.41. The van der Waals surface area contributed by atoms with Gasteiger partial charge in [-0.15, -0.1) is 0 Å². The minimum Gasteiger partial charge on any atom is -0.476 e. The van der Waals surface area contributed by atoms with Crippen molar-refractivity contribution in [2.45, 2.75) is 13.8 Å². The molecule has 2 heterocycles. The highest BCUT2D eigenvalue weighted by Gasteiger charge is 2.18. The van der Waals surface area contributed by atoms with Crippen molar-refractivity contribution in [2.24, 2.45) is 0 Å². The van der Waals surface area contributed by atoms with E-state index in [1.165, 1.54) is 12.4 Å². The van der Waals surface area contributed by atoms with Gasteiger partial charge in [-0.05, 0) is 19.9 Å². The number of aryl methyl sites for hydroxylation is 2. The summed E-state index contributed by atoms with van der Waals surface area (Å²) in [6, 6.07) is 1.57. The number of nitrogens with zero attached hydrogens (tertiary/aromatic N) is 2. The molecule has 2 N–H and O–H groups in total. The highest BCUT2D eigenvalue weighted by molar-refractivity contribution is 6.06. The van der Waals surface area contributed by atoms with Gasteiger partial charge in [0.25, 0.3) is 5.91 Å². The predicted molar refractivity (Wildman–Crippen MR) is 65.1 cm³/mol. The number of hydrogen-bond donors (Lipinski definition) is 2.